The first-order valence-corrected chi connectivity index (χ1v) is 7.75. The van der Waals surface area contributed by atoms with Crippen LogP contribution in [-0.2, 0) is 4.79 Å². The quantitative estimate of drug-likeness (QED) is 0.423. The second-order valence-corrected chi connectivity index (χ2v) is 5.48. The van der Waals surface area contributed by atoms with E-state index in [1.165, 1.54) is 0 Å². The SMILES string of the molecule is Nc1ccc(OCC(=O)Oc2ccc(-c3ccc(N)cc3)cc2)cc1. The summed E-state index contributed by atoms with van der Waals surface area (Å²) in [6.07, 6.45) is 0. The predicted molar refractivity (Wildman–Crippen MR) is 98.3 cm³/mol. The van der Waals surface area contributed by atoms with Crippen LogP contribution < -0.4 is 20.9 Å². The number of esters is 1. The van der Waals surface area contributed by atoms with Gasteiger partial charge in [0.25, 0.3) is 0 Å². The van der Waals surface area contributed by atoms with Crippen LogP contribution in [0.15, 0.2) is 72.8 Å². The van der Waals surface area contributed by atoms with Gasteiger partial charge < -0.3 is 20.9 Å². The van der Waals surface area contributed by atoms with Gasteiger partial charge in [0.2, 0.25) is 0 Å². The number of hydrogen-bond donors (Lipinski definition) is 2. The van der Waals surface area contributed by atoms with Crippen molar-refractivity contribution in [1.82, 2.24) is 0 Å². The summed E-state index contributed by atoms with van der Waals surface area (Å²) in [6.45, 7) is -0.177. The fraction of sp³-hybridized carbons (Fsp3) is 0.0500. The first-order chi connectivity index (χ1) is 12.1. The van der Waals surface area contributed by atoms with Crippen molar-refractivity contribution in [2.24, 2.45) is 0 Å². The van der Waals surface area contributed by atoms with E-state index in [-0.39, 0.29) is 6.61 Å². The maximum Gasteiger partial charge on any atom is 0.349 e. The summed E-state index contributed by atoms with van der Waals surface area (Å²) in [7, 11) is 0. The van der Waals surface area contributed by atoms with E-state index < -0.39 is 5.97 Å². The van der Waals surface area contributed by atoms with Gasteiger partial charge in [0, 0.05) is 11.4 Å². The van der Waals surface area contributed by atoms with E-state index in [1.54, 1.807) is 36.4 Å². The van der Waals surface area contributed by atoms with Crippen LogP contribution >= 0.6 is 0 Å². The molecule has 0 aliphatic rings. The van der Waals surface area contributed by atoms with Gasteiger partial charge >= 0.3 is 5.97 Å². The van der Waals surface area contributed by atoms with E-state index >= 15 is 0 Å². The Labute approximate surface area is 145 Å². The van der Waals surface area contributed by atoms with Gasteiger partial charge in [-0.2, -0.15) is 0 Å². The highest BCUT2D eigenvalue weighted by atomic mass is 16.6. The molecule has 0 amide bonds. The zero-order chi connectivity index (χ0) is 17.6. The molecular formula is C20H18N2O3. The maximum absolute atomic E-state index is 11.9. The average molecular weight is 334 g/mol. The lowest BCUT2D eigenvalue weighted by Gasteiger charge is -2.08. The third-order valence-electron chi connectivity index (χ3n) is 3.57. The monoisotopic (exact) mass is 334 g/mol. The third-order valence-corrected chi connectivity index (χ3v) is 3.57. The Morgan fingerprint density at radius 3 is 1.68 bits per heavy atom. The first-order valence-electron chi connectivity index (χ1n) is 7.75. The summed E-state index contributed by atoms with van der Waals surface area (Å²) >= 11 is 0. The molecule has 0 aliphatic carbocycles. The van der Waals surface area contributed by atoms with Crippen molar-refractivity contribution < 1.29 is 14.3 Å². The Morgan fingerprint density at radius 2 is 1.12 bits per heavy atom. The molecule has 3 aromatic carbocycles. The normalized spacial score (nSPS) is 10.2. The van der Waals surface area contributed by atoms with Gasteiger partial charge in [0.05, 0.1) is 0 Å². The number of anilines is 2. The number of nitrogen functional groups attached to an aromatic ring is 2. The summed E-state index contributed by atoms with van der Waals surface area (Å²) in [5.74, 6) is 0.548. The Hall–Kier alpha value is -3.47. The van der Waals surface area contributed by atoms with Gasteiger partial charge in [-0.05, 0) is 59.7 Å². The lowest BCUT2D eigenvalue weighted by Crippen LogP contribution is -2.17. The molecule has 3 aromatic rings. The molecule has 0 spiro atoms. The molecule has 0 bridgehead atoms. The molecule has 0 aromatic heterocycles. The molecule has 0 radical (unpaired) electrons. The van der Waals surface area contributed by atoms with Crippen molar-refractivity contribution in [2.45, 2.75) is 0 Å². The molecule has 126 valence electrons. The van der Waals surface area contributed by atoms with Crippen LogP contribution in [0, 0.1) is 0 Å². The van der Waals surface area contributed by atoms with Crippen molar-refractivity contribution in [2.75, 3.05) is 18.1 Å². The number of benzene rings is 3. The zero-order valence-electron chi connectivity index (χ0n) is 13.5. The Bertz CT molecular complexity index is 842. The molecule has 0 aliphatic heterocycles. The molecule has 5 nitrogen and oxygen atoms in total. The van der Waals surface area contributed by atoms with Crippen molar-refractivity contribution in [3.05, 3.63) is 72.8 Å². The van der Waals surface area contributed by atoms with Gasteiger partial charge in [0.15, 0.2) is 6.61 Å². The minimum atomic E-state index is -0.475. The van der Waals surface area contributed by atoms with E-state index in [1.807, 2.05) is 36.4 Å². The molecule has 0 atom stereocenters. The van der Waals surface area contributed by atoms with Crippen molar-refractivity contribution in [3.8, 4) is 22.6 Å². The van der Waals surface area contributed by atoms with Crippen LogP contribution in [0.1, 0.15) is 0 Å². The third kappa shape index (κ3) is 4.51. The highest BCUT2D eigenvalue weighted by Gasteiger charge is 2.07. The predicted octanol–water partition coefficient (Wildman–Crippen LogP) is 3.50. The summed E-state index contributed by atoms with van der Waals surface area (Å²) in [5, 5.41) is 0. The van der Waals surface area contributed by atoms with E-state index in [0.29, 0.717) is 17.2 Å². The Morgan fingerprint density at radius 1 is 0.680 bits per heavy atom. The average Bonchev–Trinajstić information content (AvgIpc) is 2.63. The number of carbonyl (C=O) groups is 1. The molecule has 0 unspecified atom stereocenters. The van der Waals surface area contributed by atoms with Gasteiger partial charge in [-0.15, -0.1) is 0 Å². The number of rotatable bonds is 5. The molecule has 25 heavy (non-hydrogen) atoms. The van der Waals surface area contributed by atoms with Crippen LogP contribution in [-0.4, -0.2) is 12.6 Å². The number of hydrogen-bond acceptors (Lipinski definition) is 5. The van der Waals surface area contributed by atoms with Gasteiger partial charge in [0.1, 0.15) is 11.5 Å². The van der Waals surface area contributed by atoms with Crippen LogP contribution in [0.5, 0.6) is 11.5 Å². The van der Waals surface area contributed by atoms with Gasteiger partial charge in [-0.3, -0.25) is 0 Å². The number of ether oxygens (including phenoxy) is 2. The van der Waals surface area contributed by atoms with Gasteiger partial charge in [-0.1, -0.05) is 24.3 Å². The Balaban J connectivity index is 1.56. The Kier molecular flexibility index (Phi) is 4.85. The summed E-state index contributed by atoms with van der Waals surface area (Å²) in [5.41, 5.74) is 14.7. The van der Waals surface area contributed by atoms with Crippen LogP contribution in [0.4, 0.5) is 11.4 Å². The first kappa shape index (κ1) is 16.4. The topological polar surface area (TPSA) is 87.6 Å². The number of carbonyl (C=O) groups excluding carboxylic acids is 1. The highest BCUT2D eigenvalue weighted by Crippen LogP contribution is 2.23. The van der Waals surface area contributed by atoms with E-state index in [9.17, 15) is 4.79 Å². The smallest absolute Gasteiger partial charge is 0.349 e. The van der Waals surface area contributed by atoms with E-state index in [2.05, 4.69) is 0 Å². The highest BCUT2D eigenvalue weighted by molar-refractivity contribution is 5.74. The molecule has 5 heteroatoms. The molecule has 3 rings (SSSR count). The summed E-state index contributed by atoms with van der Waals surface area (Å²) in [6, 6.07) is 21.6. The molecule has 0 heterocycles. The van der Waals surface area contributed by atoms with Crippen molar-refractivity contribution >= 4 is 17.3 Å². The number of nitrogens with two attached hydrogens (primary N) is 2. The lowest BCUT2D eigenvalue weighted by atomic mass is 10.1. The van der Waals surface area contributed by atoms with E-state index in [4.69, 9.17) is 20.9 Å². The molecule has 4 N–H and O–H groups in total. The summed E-state index contributed by atoms with van der Waals surface area (Å²) in [4.78, 5) is 11.9. The zero-order valence-corrected chi connectivity index (χ0v) is 13.5. The fourth-order valence-electron chi connectivity index (χ4n) is 2.26. The van der Waals surface area contributed by atoms with Crippen molar-refractivity contribution in [1.29, 1.82) is 0 Å². The van der Waals surface area contributed by atoms with Crippen LogP contribution in [0.25, 0.3) is 11.1 Å². The maximum atomic E-state index is 11.9. The molecule has 0 saturated carbocycles. The minimum Gasteiger partial charge on any atom is -0.482 e. The summed E-state index contributed by atoms with van der Waals surface area (Å²) < 4.78 is 10.6. The van der Waals surface area contributed by atoms with Crippen LogP contribution in [0.2, 0.25) is 0 Å². The van der Waals surface area contributed by atoms with Crippen molar-refractivity contribution in [3.63, 3.8) is 0 Å². The molecule has 0 fully saturated rings. The van der Waals surface area contributed by atoms with E-state index in [0.717, 1.165) is 16.8 Å². The molecular weight excluding hydrogens is 316 g/mol. The van der Waals surface area contributed by atoms with Gasteiger partial charge in [-0.25, -0.2) is 4.79 Å². The second kappa shape index (κ2) is 7.40. The second-order valence-electron chi connectivity index (χ2n) is 5.48. The molecule has 0 saturated heterocycles. The van der Waals surface area contributed by atoms with Crippen LogP contribution in [0.3, 0.4) is 0 Å². The fourth-order valence-corrected chi connectivity index (χ4v) is 2.26. The largest absolute Gasteiger partial charge is 0.482 e. The standard InChI is InChI=1S/C20H18N2O3/c21-16-5-1-14(2-6-16)15-3-9-19(10-4-15)25-20(23)13-24-18-11-7-17(22)8-12-18/h1-12H,13,21-22H2. The minimum absolute atomic E-state index is 0.177. The lowest BCUT2D eigenvalue weighted by molar-refractivity contribution is -0.136.